The molecule has 3 fully saturated rings. The van der Waals surface area contributed by atoms with E-state index in [-0.39, 0.29) is 42.3 Å². The Hall–Kier alpha value is -7.58. The summed E-state index contributed by atoms with van der Waals surface area (Å²) in [5.41, 5.74) is 4.52. The second kappa shape index (κ2) is 18.6. The van der Waals surface area contributed by atoms with Crippen LogP contribution in [0.4, 0.5) is 5.69 Å². The van der Waals surface area contributed by atoms with E-state index in [0.717, 1.165) is 66.8 Å². The molecular weight excluding hydrogens is 827 g/mol. The van der Waals surface area contributed by atoms with Crippen molar-refractivity contribution < 1.29 is 19.1 Å². The Morgan fingerprint density at radius 3 is 2.37 bits per heavy atom. The van der Waals surface area contributed by atoms with Crippen LogP contribution in [0.3, 0.4) is 0 Å². The lowest BCUT2D eigenvalue weighted by atomic mass is 9.98. The van der Waals surface area contributed by atoms with Crippen molar-refractivity contribution in [3.05, 3.63) is 129 Å². The van der Waals surface area contributed by atoms with Crippen molar-refractivity contribution in [2.45, 2.75) is 45.2 Å². The number of nitriles is 1. The average Bonchev–Trinajstić information content (AvgIpc) is 3.33. The van der Waals surface area contributed by atoms with Gasteiger partial charge in [-0.1, -0.05) is 30.3 Å². The van der Waals surface area contributed by atoms with Crippen LogP contribution in [-0.4, -0.2) is 109 Å². The Labute approximate surface area is 373 Å². The average molecular weight is 874 g/mol. The number of fused-ring (bicyclic) bond motifs is 1. The molecule has 0 bridgehead atoms. The van der Waals surface area contributed by atoms with Crippen LogP contribution in [0.25, 0.3) is 33.4 Å². The zero-order chi connectivity index (χ0) is 45.0. The lowest BCUT2D eigenvalue weighted by molar-refractivity contribution is -0.136. The van der Waals surface area contributed by atoms with Crippen molar-refractivity contribution in [1.82, 2.24) is 44.6 Å². The predicted octanol–water partition coefficient (Wildman–Crippen LogP) is 3.72. The molecule has 0 aliphatic carbocycles. The number of imide groups is 1. The van der Waals surface area contributed by atoms with E-state index in [1.807, 2.05) is 54.3 Å². The van der Waals surface area contributed by atoms with Crippen LogP contribution in [0.1, 0.15) is 48.5 Å². The number of piperidine rings is 2. The van der Waals surface area contributed by atoms with E-state index in [9.17, 15) is 29.2 Å². The van der Waals surface area contributed by atoms with E-state index in [4.69, 9.17) is 4.74 Å². The van der Waals surface area contributed by atoms with E-state index in [0.29, 0.717) is 66.1 Å². The molecule has 0 radical (unpaired) electrons. The molecule has 3 aromatic carbocycles. The molecule has 17 heteroatoms. The quantitative estimate of drug-likeness (QED) is 0.185. The smallest absolute Gasteiger partial charge is 0.275 e. The van der Waals surface area contributed by atoms with Crippen molar-refractivity contribution in [3.63, 3.8) is 0 Å². The zero-order valence-electron chi connectivity index (χ0n) is 35.9. The second-order valence-electron chi connectivity index (χ2n) is 16.8. The van der Waals surface area contributed by atoms with Gasteiger partial charge in [-0.15, -0.1) is 0 Å². The van der Waals surface area contributed by atoms with Crippen LogP contribution in [0, 0.1) is 24.2 Å². The zero-order valence-corrected chi connectivity index (χ0v) is 35.9. The molecule has 3 saturated heterocycles. The van der Waals surface area contributed by atoms with Crippen molar-refractivity contribution in [2.75, 3.05) is 57.3 Å². The first-order valence-electron chi connectivity index (χ1n) is 21.8. The number of hydrogen-bond acceptors (Lipinski definition) is 13. The summed E-state index contributed by atoms with van der Waals surface area (Å²) in [6.07, 6.45) is 5.41. The lowest BCUT2D eigenvalue weighted by Gasteiger charge is -2.38. The summed E-state index contributed by atoms with van der Waals surface area (Å²) in [5.74, 6) is 0.669. The van der Waals surface area contributed by atoms with Crippen molar-refractivity contribution >= 4 is 34.2 Å². The van der Waals surface area contributed by atoms with E-state index in [2.05, 4.69) is 41.4 Å². The predicted molar refractivity (Wildman–Crippen MR) is 241 cm³/mol. The van der Waals surface area contributed by atoms with Crippen LogP contribution in [0.15, 0.2) is 101 Å². The van der Waals surface area contributed by atoms with E-state index < -0.39 is 11.9 Å². The monoisotopic (exact) mass is 873 g/mol. The van der Waals surface area contributed by atoms with Crippen LogP contribution < -0.4 is 26.1 Å². The lowest BCUT2D eigenvalue weighted by Crippen LogP contribution is -2.51. The molecule has 1 unspecified atom stereocenters. The molecule has 1 atom stereocenters. The first kappa shape index (κ1) is 42.7. The highest BCUT2D eigenvalue weighted by molar-refractivity contribution is 5.99. The van der Waals surface area contributed by atoms with Crippen LogP contribution >= 0.6 is 0 Å². The first-order valence-corrected chi connectivity index (χ1v) is 21.8. The number of nitrogens with one attached hydrogen (secondary N) is 1. The molecule has 6 aromatic rings. The van der Waals surface area contributed by atoms with Crippen molar-refractivity contribution in [2.24, 2.45) is 5.92 Å². The van der Waals surface area contributed by atoms with Crippen LogP contribution in [0.2, 0.25) is 0 Å². The number of aromatic nitrogens is 6. The number of carbonyl (C=O) groups is 3. The van der Waals surface area contributed by atoms with E-state index in [1.165, 1.54) is 15.4 Å². The number of anilines is 1. The molecule has 17 nitrogen and oxygen atoms in total. The third-order valence-corrected chi connectivity index (χ3v) is 12.4. The molecular formula is C48H47N11O6. The fraction of sp³-hybridized carbons (Fsp3) is 0.333. The first-order chi connectivity index (χ1) is 31.6. The maximum Gasteiger partial charge on any atom is 0.275 e. The number of hydrogen-bond donors (Lipinski definition) is 1. The van der Waals surface area contributed by atoms with Crippen LogP contribution in [-0.2, 0) is 20.9 Å². The van der Waals surface area contributed by atoms with Gasteiger partial charge in [0, 0.05) is 74.0 Å². The van der Waals surface area contributed by atoms with Crippen LogP contribution in [0.5, 0.6) is 5.75 Å². The van der Waals surface area contributed by atoms with Gasteiger partial charge in [0.25, 0.3) is 17.0 Å². The summed E-state index contributed by atoms with van der Waals surface area (Å²) < 4.78 is 8.71. The van der Waals surface area contributed by atoms with Gasteiger partial charge in [-0.3, -0.25) is 34.2 Å². The number of piperazine rings is 1. The summed E-state index contributed by atoms with van der Waals surface area (Å²) in [6.45, 7) is 7.19. The summed E-state index contributed by atoms with van der Waals surface area (Å²) in [6, 6.07) is 24.9. The number of amides is 3. The molecule has 1 N–H and O–H groups in total. The molecule has 9 rings (SSSR count). The fourth-order valence-electron chi connectivity index (χ4n) is 8.73. The van der Waals surface area contributed by atoms with Gasteiger partial charge >= 0.3 is 0 Å². The normalized spacial score (nSPS) is 17.2. The minimum atomic E-state index is -0.816. The number of carbonyl (C=O) groups excluding carboxylic acids is 3. The van der Waals surface area contributed by atoms with Gasteiger partial charge in [-0.05, 0) is 80.1 Å². The summed E-state index contributed by atoms with van der Waals surface area (Å²) in [7, 11) is 0. The maximum absolute atomic E-state index is 13.4. The highest BCUT2D eigenvalue weighted by Crippen LogP contribution is 2.26. The highest BCUT2D eigenvalue weighted by atomic mass is 16.5. The van der Waals surface area contributed by atoms with Gasteiger partial charge < -0.3 is 14.5 Å². The number of benzene rings is 3. The van der Waals surface area contributed by atoms with Gasteiger partial charge in [0.2, 0.25) is 11.8 Å². The summed E-state index contributed by atoms with van der Waals surface area (Å²) in [4.78, 5) is 79.1. The molecule has 65 heavy (non-hydrogen) atoms. The van der Waals surface area contributed by atoms with Gasteiger partial charge in [0.05, 0.1) is 60.5 Å². The standard InChI is InChI=1S/C48H47N11O6/c1-31-40-24-37(8-9-39(40)48(64)59(53-31)42-11-12-43(60)52-47(42)63)56-20-18-55(19-21-56)29-45(62)57-16-14-32(15-17-57)30-65-38-26-50-46(51-27-38)36-7-3-5-34(23-36)28-58-44(61)13-10-41(54-58)35-6-2-4-33(22-35)25-49/h2-10,13,22-24,26-27,32,42H,11-12,14-21,28-30H2,1H3,(H,52,60,63). The highest BCUT2D eigenvalue weighted by Gasteiger charge is 2.31. The van der Waals surface area contributed by atoms with E-state index >= 15 is 0 Å². The number of aryl methyl sites for hydroxylation is 1. The Morgan fingerprint density at radius 1 is 0.831 bits per heavy atom. The summed E-state index contributed by atoms with van der Waals surface area (Å²) in [5, 5.41) is 21.8. The largest absolute Gasteiger partial charge is 0.490 e. The Morgan fingerprint density at radius 2 is 1.60 bits per heavy atom. The van der Waals surface area contributed by atoms with Gasteiger partial charge in [-0.2, -0.15) is 15.5 Å². The Balaban J connectivity index is 0.723. The number of nitrogens with zero attached hydrogens (tertiary/aromatic N) is 10. The molecule has 3 aliphatic heterocycles. The fourth-order valence-corrected chi connectivity index (χ4v) is 8.73. The van der Waals surface area contributed by atoms with Gasteiger partial charge in [0.1, 0.15) is 6.04 Å². The third-order valence-electron chi connectivity index (χ3n) is 12.4. The van der Waals surface area contributed by atoms with Crippen molar-refractivity contribution in [1.29, 1.82) is 5.26 Å². The number of ether oxygens (including phenoxy) is 1. The molecule has 3 aromatic heterocycles. The Kier molecular flexibility index (Phi) is 12.2. The summed E-state index contributed by atoms with van der Waals surface area (Å²) >= 11 is 0. The van der Waals surface area contributed by atoms with E-state index in [1.54, 1.807) is 42.7 Å². The number of rotatable bonds is 11. The van der Waals surface area contributed by atoms with Gasteiger partial charge in [0.15, 0.2) is 11.6 Å². The Bertz CT molecular complexity index is 2950. The van der Waals surface area contributed by atoms with Gasteiger partial charge in [-0.25, -0.2) is 19.3 Å². The minimum absolute atomic E-state index is 0.129. The molecule has 6 heterocycles. The molecule has 0 spiro atoms. The molecule has 3 amide bonds. The SMILES string of the molecule is Cc1nn(C2CCC(=O)NC2=O)c(=O)c2ccc(N3CCN(CC(=O)N4CCC(COc5cnc(-c6cccc(Cn7nc(-c8cccc(C#N)c8)ccc7=O)c6)nc5)CC4)CC3)cc12. The topological polar surface area (TPSA) is 202 Å². The minimum Gasteiger partial charge on any atom is -0.490 e. The van der Waals surface area contributed by atoms with Crippen molar-refractivity contribution in [3.8, 4) is 34.5 Å². The maximum atomic E-state index is 13.4. The molecule has 3 aliphatic rings. The third kappa shape index (κ3) is 9.53. The molecule has 330 valence electrons. The second-order valence-corrected chi connectivity index (χ2v) is 16.8. The number of likely N-dealkylation sites (tertiary alicyclic amines) is 1. The molecule has 0 saturated carbocycles.